The van der Waals surface area contributed by atoms with Crippen LogP contribution in [0.5, 0.6) is 0 Å². The Labute approximate surface area is 95.3 Å². The van der Waals surface area contributed by atoms with E-state index in [4.69, 9.17) is 10.8 Å². The summed E-state index contributed by atoms with van der Waals surface area (Å²) < 4.78 is 1.78. The van der Waals surface area contributed by atoms with Gasteiger partial charge in [0.2, 0.25) is 0 Å². The van der Waals surface area contributed by atoms with Crippen LogP contribution in [0.3, 0.4) is 0 Å². The lowest BCUT2D eigenvalue weighted by Gasteiger charge is -2.19. The van der Waals surface area contributed by atoms with Crippen molar-refractivity contribution in [1.82, 2.24) is 9.78 Å². The molecular formula is C11H19N3O2. The van der Waals surface area contributed by atoms with Crippen molar-refractivity contribution in [2.75, 3.05) is 0 Å². The molecule has 0 fully saturated rings. The van der Waals surface area contributed by atoms with Gasteiger partial charge in [-0.2, -0.15) is 5.10 Å². The average Bonchev–Trinajstić information content (AvgIpc) is 2.72. The summed E-state index contributed by atoms with van der Waals surface area (Å²) in [5.41, 5.74) is 6.86. The van der Waals surface area contributed by atoms with E-state index in [-0.39, 0.29) is 18.4 Å². The van der Waals surface area contributed by atoms with E-state index in [1.807, 2.05) is 20.0 Å². The summed E-state index contributed by atoms with van der Waals surface area (Å²) >= 11 is 0. The molecule has 0 saturated carbocycles. The van der Waals surface area contributed by atoms with E-state index in [1.54, 1.807) is 10.9 Å². The molecule has 1 heterocycles. The van der Waals surface area contributed by atoms with Crippen molar-refractivity contribution in [1.29, 1.82) is 0 Å². The number of nitrogens with zero attached hydrogens (tertiary/aromatic N) is 2. The minimum atomic E-state index is -0.821. The molecule has 0 radical (unpaired) electrons. The maximum absolute atomic E-state index is 10.8. The molecule has 0 spiro atoms. The predicted molar refractivity (Wildman–Crippen MR) is 61.2 cm³/mol. The summed E-state index contributed by atoms with van der Waals surface area (Å²) in [6.45, 7) is 4.73. The topological polar surface area (TPSA) is 81.1 Å². The zero-order chi connectivity index (χ0) is 12.1. The van der Waals surface area contributed by atoms with E-state index in [1.165, 1.54) is 0 Å². The lowest BCUT2D eigenvalue weighted by atomic mass is 9.90. The van der Waals surface area contributed by atoms with E-state index >= 15 is 0 Å². The molecule has 1 aromatic heterocycles. The van der Waals surface area contributed by atoms with Gasteiger partial charge < -0.3 is 10.8 Å². The van der Waals surface area contributed by atoms with Crippen LogP contribution < -0.4 is 5.73 Å². The fourth-order valence-corrected chi connectivity index (χ4v) is 1.73. The standard InChI is InChI=1S/C11H19N3O2/c1-3-10(12)9(5-11(15)16)8-6-13-14(4-2)7-8/h6-7,9-10H,3-5,12H2,1-2H3,(H,15,16). The Kier molecular flexibility index (Phi) is 4.49. The smallest absolute Gasteiger partial charge is 0.304 e. The summed E-state index contributed by atoms with van der Waals surface area (Å²) in [4.78, 5) is 10.8. The zero-order valence-electron chi connectivity index (χ0n) is 9.76. The minimum Gasteiger partial charge on any atom is -0.481 e. The number of hydrogen-bond acceptors (Lipinski definition) is 3. The van der Waals surface area contributed by atoms with Crippen molar-refractivity contribution in [3.05, 3.63) is 18.0 Å². The third kappa shape index (κ3) is 3.06. The maximum atomic E-state index is 10.8. The molecule has 0 aliphatic carbocycles. The maximum Gasteiger partial charge on any atom is 0.304 e. The zero-order valence-corrected chi connectivity index (χ0v) is 9.76. The van der Waals surface area contributed by atoms with E-state index in [2.05, 4.69) is 5.10 Å². The number of rotatable bonds is 6. The van der Waals surface area contributed by atoms with E-state index in [9.17, 15) is 4.79 Å². The number of carboxylic acids is 1. The van der Waals surface area contributed by atoms with E-state index in [0.29, 0.717) is 0 Å². The van der Waals surface area contributed by atoms with E-state index in [0.717, 1.165) is 18.5 Å². The Bertz CT molecular complexity index is 349. The van der Waals surface area contributed by atoms with Crippen molar-refractivity contribution >= 4 is 5.97 Å². The van der Waals surface area contributed by atoms with Gasteiger partial charge in [-0.05, 0) is 18.9 Å². The van der Waals surface area contributed by atoms with Crippen LogP contribution >= 0.6 is 0 Å². The van der Waals surface area contributed by atoms with Gasteiger partial charge in [0.15, 0.2) is 0 Å². The first-order valence-electron chi connectivity index (χ1n) is 5.58. The number of nitrogens with two attached hydrogens (primary N) is 1. The van der Waals surface area contributed by atoms with E-state index < -0.39 is 5.97 Å². The van der Waals surface area contributed by atoms with Crippen LogP contribution in [0.2, 0.25) is 0 Å². The van der Waals surface area contributed by atoms with Gasteiger partial charge in [-0.15, -0.1) is 0 Å². The molecule has 2 unspecified atom stereocenters. The molecule has 2 atom stereocenters. The van der Waals surface area contributed by atoms with Crippen LogP contribution in [0.4, 0.5) is 0 Å². The lowest BCUT2D eigenvalue weighted by molar-refractivity contribution is -0.137. The predicted octanol–water partition coefficient (Wildman–Crippen LogP) is 1.20. The summed E-state index contributed by atoms with van der Waals surface area (Å²) in [6.07, 6.45) is 4.41. The van der Waals surface area contributed by atoms with Crippen molar-refractivity contribution in [3.8, 4) is 0 Å². The molecule has 0 bridgehead atoms. The number of aromatic nitrogens is 2. The molecule has 0 aliphatic heterocycles. The second-order valence-corrected chi connectivity index (χ2v) is 3.91. The van der Waals surface area contributed by atoms with Crippen LogP contribution in [-0.4, -0.2) is 26.9 Å². The average molecular weight is 225 g/mol. The molecular weight excluding hydrogens is 206 g/mol. The third-order valence-electron chi connectivity index (χ3n) is 2.79. The van der Waals surface area contributed by atoms with Gasteiger partial charge in [-0.1, -0.05) is 6.92 Å². The Morgan fingerprint density at radius 1 is 1.62 bits per heavy atom. The fourth-order valence-electron chi connectivity index (χ4n) is 1.73. The normalized spacial score (nSPS) is 14.7. The fraction of sp³-hybridized carbons (Fsp3) is 0.636. The van der Waals surface area contributed by atoms with Crippen LogP contribution in [0.1, 0.15) is 38.2 Å². The first-order valence-corrected chi connectivity index (χ1v) is 5.58. The van der Waals surface area contributed by atoms with Crippen molar-refractivity contribution in [3.63, 3.8) is 0 Å². The Hall–Kier alpha value is -1.36. The van der Waals surface area contributed by atoms with Gasteiger partial charge in [0.1, 0.15) is 0 Å². The van der Waals surface area contributed by atoms with Gasteiger partial charge in [0, 0.05) is 24.7 Å². The van der Waals surface area contributed by atoms with Gasteiger partial charge in [0.25, 0.3) is 0 Å². The van der Waals surface area contributed by atoms with Gasteiger partial charge in [-0.3, -0.25) is 9.48 Å². The summed E-state index contributed by atoms with van der Waals surface area (Å²) in [6, 6.07) is -0.134. The lowest BCUT2D eigenvalue weighted by Crippen LogP contribution is -2.29. The van der Waals surface area contributed by atoms with Crippen molar-refractivity contribution in [2.24, 2.45) is 5.73 Å². The second-order valence-electron chi connectivity index (χ2n) is 3.91. The molecule has 0 amide bonds. The quantitative estimate of drug-likeness (QED) is 0.762. The summed E-state index contributed by atoms with van der Waals surface area (Å²) in [5.74, 6) is -0.971. The molecule has 5 nitrogen and oxygen atoms in total. The molecule has 5 heteroatoms. The molecule has 90 valence electrons. The number of hydrogen-bond donors (Lipinski definition) is 2. The highest BCUT2D eigenvalue weighted by Crippen LogP contribution is 2.23. The molecule has 16 heavy (non-hydrogen) atoms. The first kappa shape index (κ1) is 12.7. The monoisotopic (exact) mass is 225 g/mol. The Balaban J connectivity index is 2.86. The first-order chi connectivity index (χ1) is 7.58. The van der Waals surface area contributed by atoms with Gasteiger partial charge >= 0.3 is 5.97 Å². The van der Waals surface area contributed by atoms with Crippen LogP contribution in [-0.2, 0) is 11.3 Å². The highest BCUT2D eigenvalue weighted by Gasteiger charge is 2.22. The summed E-state index contributed by atoms with van der Waals surface area (Å²) in [7, 11) is 0. The highest BCUT2D eigenvalue weighted by molar-refractivity contribution is 5.68. The van der Waals surface area contributed by atoms with Gasteiger partial charge in [0.05, 0.1) is 12.6 Å². The highest BCUT2D eigenvalue weighted by atomic mass is 16.4. The minimum absolute atomic E-state index is 0.0599. The second kappa shape index (κ2) is 5.65. The molecule has 0 saturated heterocycles. The number of aliphatic carboxylic acids is 1. The largest absolute Gasteiger partial charge is 0.481 e. The molecule has 0 aliphatic rings. The third-order valence-corrected chi connectivity index (χ3v) is 2.79. The summed E-state index contributed by atoms with van der Waals surface area (Å²) in [5, 5.41) is 13.0. The molecule has 1 rings (SSSR count). The number of aryl methyl sites for hydroxylation is 1. The SMILES string of the molecule is CCC(N)C(CC(=O)O)c1cnn(CC)c1. The molecule has 1 aromatic rings. The van der Waals surface area contributed by atoms with Crippen LogP contribution in [0.15, 0.2) is 12.4 Å². The Morgan fingerprint density at radius 2 is 2.31 bits per heavy atom. The number of carbonyl (C=O) groups is 1. The number of carboxylic acid groups (broad SMARTS) is 1. The Morgan fingerprint density at radius 3 is 2.75 bits per heavy atom. The molecule has 0 aromatic carbocycles. The van der Waals surface area contributed by atoms with Crippen molar-refractivity contribution < 1.29 is 9.90 Å². The molecule has 3 N–H and O–H groups in total. The van der Waals surface area contributed by atoms with Gasteiger partial charge in [-0.25, -0.2) is 0 Å². The van der Waals surface area contributed by atoms with Crippen molar-refractivity contribution in [2.45, 2.75) is 45.2 Å². The van der Waals surface area contributed by atoms with Crippen LogP contribution in [0, 0.1) is 0 Å². The van der Waals surface area contributed by atoms with Crippen LogP contribution in [0.25, 0.3) is 0 Å².